The second-order valence-corrected chi connectivity index (χ2v) is 1.29. The first-order valence-electron chi connectivity index (χ1n) is 2.65. The summed E-state index contributed by atoms with van der Waals surface area (Å²) in [5.41, 5.74) is 0. The van der Waals surface area contributed by atoms with Crippen LogP contribution in [0.15, 0.2) is 12.8 Å². The normalized spacial score (nSPS) is 7.89. The highest BCUT2D eigenvalue weighted by molar-refractivity contribution is 4.82. The van der Waals surface area contributed by atoms with Crippen molar-refractivity contribution in [3.05, 3.63) is 12.8 Å². The smallest absolute Gasteiger partial charge is 0.111 e. The first-order chi connectivity index (χ1) is 4.41. The van der Waals surface area contributed by atoms with Gasteiger partial charge < -0.3 is 9.47 Å². The van der Waals surface area contributed by atoms with E-state index >= 15 is 0 Å². The standard InChI is InChI=1S/C7H10O2/c1-3-5-9-7-6-8-4-2/h1,4H,2,5-7H2. The summed E-state index contributed by atoms with van der Waals surface area (Å²) in [6.45, 7) is 4.75. The lowest BCUT2D eigenvalue weighted by molar-refractivity contribution is 0.106. The second kappa shape index (κ2) is 7.06. The van der Waals surface area contributed by atoms with Gasteiger partial charge in [0.25, 0.3) is 0 Å². The molecule has 50 valence electrons. The van der Waals surface area contributed by atoms with Crippen LogP contribution in [0.5, 0.6) is 0 Å². The highest BCUT2D eigenvalue weighted by atomic mass is 16.5. The quantitative estimate of drug-likeness (QED) is 0.308. The van der Waals surface area contributed by atoms with Gasteiger partial charge in [0.1, 0.15) is 13.2 Å². The van der Waals surface area contributed by atoms with Crippen LogP contribution in [0, 0.1) is 12.3 Å². The molecular weight excluding hydrogens is 116 g/mol. The highest BCUT2D eigenvalue weighted by Crippen LogP contribution is 1.76. The Morgan fingerprint density at radius 2 is 2.33 bits per heavy atom. The molecular formula is C7H10O2. The van der Waals surface area contributed by atoms with Crippen LogP contribution in [0.4, 0.5) is 0 Å². The molecule has 0 heterocycles. The van der Waals surface area contributed by atoms with Gasteiger partial charge in [-0.2, -0.15) is 0 Å². The molecule has 0 radical (unpaired) electrons. The first kappa shape index (κ1) is 8.06. The Kier molecular flexibility index (Phi) is 6.32. The Labute approximate surface area is 55.5 Å². The number of hydrogen-bond donors (Lipinski definition) is 0. The minimum absolute atomic E-state index is 0.348. The fourth-order valence-electron chi connectivity index (χ4n) is 0.321. The van der Waals surface area contributed by atoms with Crippen molar-refractivity contribution in [1.29, 1.82) is 0 Å². The van der Waals surface area contributed by atoms with Crippen molar-refractivity contribution in [2.45, 2.75) is 0 Å². The molecule has 0 saturated heterocycles. The summed E-state index contributed by atoms with van der Waals surface area (Å²) in [6.07, 6.45) is 6.28. The van der Waals surface area contributed by atoms with Gasteiger partial charge in [0.05, 0.1) is 12.9 Å². The fourth-order valence-corrected chi connectivity index (χ4v) is 0.321. The molecule has 0 aliphatic rings. The van der Waals surface area contributed by atoms with Crippen LogP contribution in [0.3, 0.4) is 0 Å². The van der Waals surface area contributed by atoms with Crippen molar-refractivity contribution < 1.29 is 9.47 Å². The van der Waals surface area contributed by atoms with Gasteiger partial charge in [-0.3, -0.25) is 0 Å². The van der Waals surface area contributed by atoms with Crippen LogP contribution < -0.4 is 0 Å². The topological polar surface area (TPSA) is 18.5 Å². The minimum Gasteiger partial charge on any atom is -0.499 e. The third-order valence-electron chi connectivity index (χ3n) is 0.649. The number of rotatable bonds is 5. The zero-order valence-corrected chi connectivity index (χ0v) is 5.30. The van der Waals surface area contributed by atoms with Crippen molar-refractivity contribution in [2.75, 3.05) is 19.8 Å². The van der Waals surface area contributed by atoms with Gasteiger partial charge in [0.2, 0.25) is 0 Å². The zero-order chi connectivity index (χ0) is 6.95. The van der Waals surface area contributed by atoms with Crippen LogP contribution in [0.1, 0.15) is 0 Å². The Balaban J connectivity index is 2.76. The predicted octanol–water partition coefficient (Wildman–Crippen LogP) is 0.796. The largest absolute Gasteiger partial charge is 0.499 e. The molecule has 0 unspecified atom stereocenters. The summed E-state index contributed by atoms with van der Waals surface area (Å²) < 4.78 is 9.63. The van der Waals surface area contributed by atoms with Gasteiger partial charge in [-0.25, -0.2) is 0 Å². The molecule has 2 heteroatoms. The Hall–Kier alpha value is -0.940. The van der Waals surface area contributed by atoms with E-state index in [1.54, 1.807) is 0 Å². The molecule has 0 amide bonds. The van der Waals surface area contributed by atoms with Crippen LogP contribution in [-0.4, -0.2) is 19.8 Å². The van der Waals surface area contributed by atoms with Crippen molar-refractivity contribution in [3.63, 3.8) is 0 Å². The zero-order valence-electron chi connectivity index (χ0n) is 5.30. The molecule has 0 aromatic rings. The van der Waals surface area contributed by atoms with E-state index in [-0.39, 0.29) is 0 Å². The molecule has 0 N–H and O–H groups in total. The minimum atomic E-state index is 0.348. The first-order valence-corrected chi connectivity index (χ1v) is 2.65. The van der Waals surface area contributed by atoms with E-state index in [0.717, 1.165) is 0 Å². The van der Waals surface area contributed by atoms with Crippen LogP contribution in [-0.2, 0) is 9.47 Å². The molecule has 0 aromatic carbocycles. The van der Waals surface area contributed by atoms with E-state index in [0.29, 0.717) is 19.8 Å². The van der Waals surface area contributed by atoms with E-state index in [2.05, 4.69) is 12.5 Å². The van der Waals surface area contributed by atoms with E-state index in [1.807, 2.05) is 0 Å². The maximum Gasteiger partial charge on any atom is 0.111 e. The highest BCUT2D eigenvalue weighted by Gasteiger charge is 1.81. The maximum absolute atomic E-state index is 4.91. The predicted molar refractivity (Wildman–Crippen MR) is 35.8 cm³/mol. The van der Waals surface area contributed by atoms with Crippen molar-refractivity contribution in [3.8, 4) is 12.3 Å². The molecule has 9 heavy (non-hydrogen) atoms. The average molecular weight is 126 g/mol. The summed E-state index contributed by atoms with van der Waals surface area (Å²) in [4.78, 5) is 0. The van der Waals surface area contributed by atoms with Gasteiger partial charge in [-0.05, 0) is 0 Å². The molecule has 2 nitrogen and oxygen atoms in total. The average Bonchev–Trinajstić information content (AvgIpc) is 1.89. The summed E-state index contributed by atoms with van der Waals surface area (Å²) >= 11 is 0. The van der Waals surface area contributed by atoms with Gasteiger partial charge in [0.15, 0.2) is 0 Å². The lowest BCUT2D eigenvalue weighted by atomic mass is 10.7. The molecule has 0 atom stereocenters. The molecule has 0 fully saturated rings. The van der Waals surface area contributed by atoms with E-state index in [9.17, 15) is 0 Å². The summed E-state index contributed by atoms with van der Waals surface area (Å²) in [5, 5.41) is 0. The Morgan fingerprint density at radius 3 is 2.89 bits per heavy atom. The third-order valence-corrected chi connectivity index (χ3v) is 0.649. The second-order valence-electron chi connectivity index (χ2n) is 1.29. The number of hydrogen-bond acceptors (Lipinski definition) is 2. The summed E-state index contributed by atoms with van der Waals surface area (Å²) in [6, 6.07) is 0. The van der Waals surface area contributed by atoms with Gasteiger partial charge in [0, 0.05) is 0 Å². The molecule has 0 aliphatic carbocycles. The summed E-state index contributed by atoms with van der Waals surface area (Å²) in [7, 11) is 0. The van der Waals surface area contributed by atoms with Crippen molar-refractivity contribution in [2.24, 2.45) is 0 Å². The molecule has 0 aliphatic heterocycles. The number of ether oxygens (including phenoxy) is 2. The molecule has 0 aromatic heterocycles. The lowest BCUT2D eigenvalue weighted by Crippen LogP contribution is -2.00. The monoisotopic (exact) mass is 126 g/mol. The van der Waals surface area contributed by atoms with Gasteiger partial charge in [-0.15, -0.1) is 6.42 Å². The van der Waals surface area contributed by atoms with Crippen LogP contribution >= 0.6 is 0 Å². The van der Waals surface area contributed by atoms with E-state index < -0.39 is 0 Å². The molecule has 0 spiro atoms. The Morgan fingerprint density at radius 1 is 1.56 bits per heavy atom. The summed E-state index contributed by atoms with van der Waals surface area (Å²) in [5.74, 6) is 2.34. The molecule has 0 bridgehead atoms. The molecule has 0 saturated carbocycles. The third kappa shape index (κ3) is 7.06. The maximum atomic E-state index is 4.91. The fraction of sp³-hybridized carbons (Fsp3) is 0.429. The van der Waals surface area contributed by atoms with E-state index in [1.165, 1.54) is 6.26 Å². The van der Waals surface area contributed by atoms with Crippen LogP contribution in [0.25, 0.3) is 0 Å². The van der Waals surface area contributed by atoms with Gasteiger partial charge in [-0.1, -0.05) is 12.5 Å². The van der Waals surface area contributed by atoms with E-state index in [4.69, 9.17) is 15.9 Å². The van der Waals surface area contributed by atoms with Crippen molar-refractivity contribution >= 4 is 0 Å². The van der Waals surface area contributed by atoms with Gasteiger partial charge >= 0.3 is 0 Å². The molecule has 0 rings (SSSR count). The Bertz CT molecular complexity index is 102. The number of terminal acetylenes is 1. The SMILES string of the molecule is C#CCOCCOC=C. The lowest BCUT2D eigenvalue weighted by Gasteiger charge is -1.98. The van der Waals surface area contributed by atoms with Crippen LogP contribution in [0.2, 0.25) is 0 Å². The van der Waals surface area contributed by atoms with Crippen molar-refractivity contribution in [1.82, 2.24) is 0 Å².